The zero-order chi connectivity index (χ0) is 15.2. The third kappa shape index (κ3) is 4.53. The Morgan fingerprint density at radius 3 is 2.48 bits per heavy atom. The van der Waals surface area contributed by atoms with E-state index in [-0.39, 0.29) is 0 Å². The molecule has 3 nitrogen and oxygen atoms in total. The molecule has 0 spiro atoms. The highest BCUT2D eigenvalue weighted by Crippen LogP contribution is 2.21. The van der Waals surface area contributed by atoms with Gasteiger partial charge in [-0.2, -0.15) is 0 Å². The van der Waals surface area contributed by atoms with Gasteiger partial charge in [0.15, 0.2) is 0 Å². The minimum Gasteiger partial charge on any atom is -0.350 e. The van der Waals surface area contributed by atoms with Crippen molar-refractivity contribution in [2.75, 3.05) is 4.90 Å². The lowest BCUT2D eigenvalue weighted by Crippen LogP contribution is -2.31. The predicted molar refractivity (Wildman–Crippen MR) is 91.5 cm³/mol. The maximum Gasteiger partial charge on any atom is 0.133 e. The molecule has 0 saturated heterocycles. The Kier molecular flexibility index (Phi) is 5.74. The summed E-state index contributed by atoms with van der Waals surface area (Å²) in [6.07, 6.45) is 1.96. The monoisotopic (exact) mass is 347 g/mol. The molecule has 0 saturated carbocycles. The molecule has 0 aliphatic carbocycles. The molecular formula is C17H22BrN3. The Morgan fingerprint density at radius 1 is 1.14 bits per heavy atom. The first-order chi connectivity index (χ1) is 10.1. The largest absolute Gasteiger partial charge is 0.350 e. The molecule has 2 rings (SSSR count). The molecule has 1 aromatic heterocycles. The highest BCUT2D eigenvalue weighted by atomic mass is 79.9. The first-order valence-corrected chi connectivity index (χ1v) is 8.23. The Bertz CT molecular complexity index is 570. The Morgan fingerprint density at radius 2 is 1.86 bits per heavy atom. The standard InChI is InChI=1S/C17H22BrN3/c1-4-8-16-19-15(18)11-17(20-16)21(13(2)3)12-14-9-6-5-7-10-14/h5-7,9-11,13H,4,8,12H2,1-3H3. The second-order valence-corrected chi connectivity index (χ2v) is 6.23. The van der Waals surface area contributed by atoms with Crippen molar-refractivity contribution >= 4 is 21.7 Å². The van der Waals surface area contributed by atoms with Crippen LogP contribution in [0.5, 0.6) is 0 Å². The van der Waals surface area contributed by atoms with Crippen LogP contribution >= 0.6 is 15.9 Å². The number of aryl methyl sites for hydroxylation is 1. The number of halogens is 1. The SMILES string of the molecule is CCCc1nc(Br)cc(N(Cc2ccccc2)C(C)C)n1. The summed E-state index contributed by atoms with van der Waals surface area (Å²) in [5, 5.41) is 0. The zero-order valence-electron chi connectivity index (χ0n) is 12.9. The highest BCUT2D eigenvalue weighted by Gasteiger charge is 2.14. The van der Waals surface area contributed by atoms with Gasteiger partial charge in [-0.05, 0) is 41.8 Å². The van der Waals surface area contributed by atoms with Gasteiger partial charge in [0.2, 0.25) is 0 Å². The summed E-state index contributed by atoms with van der Waals surface area (Å²) in [7, 11) is 0. The molecular weight excluding hydrogens is 326 g/mol. The predicted octanol–water partition coefficient (Wildman–Crippen LogP) is 4.61. The van der Waals surface area contributed by atoms with E-state index in [1.807, 2.05) is 12.1 Å². The van der Waals surface area contributed by atoms with Crippen molar-refractivity contribution in [3.63, 3.8) is 0 Å². The van der Waals surface area contributed by atoms with Crippen molar-refractivity contribution in [3.05, 3.63) is 52.4 Å². The molecule has 1 heterocycles. The van der Waals surface area contributed by atoms with E-state index in [1.54, 1.807) is 0 Å². The number of hydrogen-bond donors (Lipinski definition) is 0. The van der Waals surface area contributed by atoms with Gasteiger partial charge in [0, 0.05) is 25.1 Å². The van der Waals surface area contributed by atoms with Gasteiger partial charge in [0.25, 0.3) is 0 Å². The fourth-order valence-corrected chi connectivity index (χ4v) is 2.65. The topological polar surface area (TPSA) is 29.0 Å². The zero-order valence-corrected chi connectivity index (χ0v) is 14.5. The van der Waals surface area contributed by atoms with Crippen molar-refractivity contribution in [1.82, 2.24) is 9.97 Å². The number of aromatic nitrogens is 2. The lowest BCUT2D eigenvalue weighted by Gasteiger charge is -2.28. The number of benzene rings is 1. The summed E-state index contributed by atoms with van der Waals surface area (Å²) in [6.45, 7) is 7.39. The normalized spacial score (nSPS) is 10.9. The Hall–Kier alpha value is -1.42. The summed E-state index contributed by atoms with van der Waals surface area (Å²) in [4.78, 5) is 11.5. The average molecular weight is 348 g/mol. The van der Waals surface area contributed by atoms with Gasteiger partial charge in [0.1, 0.15) is 16.2 Å². The molecule has 0 radical (unpaired) electrons. The van der Waals surface area contributed by atoms with Crippen LogP contribution < -0.4 is 4.90 Å². The lowest BCUT2D eigenvalue weighted by atomic mass is 10.2. The first kappa shape index (κ1) is 16.0. The van der Waals surface area contributed by atoms with Gasteiger partial charge < -0.3 is 4.90 Å². The highest BCUT2D eigenvalue weighted by molar-refractivity contribution is 9.10. The summed E-state index contributed by atoms with van der Waals surface area (Å²) < 4.78 is 0.856. The fraction of sp³-hybridized carbons (Fsp3) is 0.412. The van der Waals surface area contributed by atoms with E-state index in [9.17, 15) is 0 Å². The molecule has 0 aliphatic heterocycles. The van der Waals surface area contributed by atoms with Crippen LogP contribution in [-0.4, -0.2) is 16.0 Å². The third-order valence-corrected chi connectivity index (χ3v) is 3.72. The molecule has 0 bridgehead atoms. The van der Waals surface area contributed by atoms with Crippen LogP contribution in [0.25, 0.3) is 0 Å². The molecule has 0 N–H and O–H groups in total. The van der Waals surface area contributed by atoms with Crippen LogP contribution in [0.3, 0.4) is 0 Å². The van der Waals surface area contributed by atoms with Gasteiger partial charge >= 0.3 is 0 Å². The smallest absolute Gasteiger partial charge is 0.133 e. The maximum absolute atomic E-state index is 4.73. The second kappa shape index (κ2) is 7.55. The summed E-state index contributed by atoms with van der Waals surface area (Å²) >= 11 is 3.51. The van der Waals surface area contributed by atoms with Gasteiger partial charge in [-0.25, -0.2) is 9.97 Å². The number of rotatable bonds is 6. The van der Waals surface area contributed by atoms with Crippen LogP contribution in [0.2, 0.25) is 0 Å². The van der Waals surface area contributed by atoms with Crippen molar-refractivity contribution in [2.24, 2.45) is 0 Å². The molecule has 0 aliphatic rings. The van der Waals surface area contributed by atoms with Crippen molar-refractivity contribution in [1.29, 1.82) is 0 Å². The molecule has 112 valence electrons. The Labute approximate surface area is 135 Å². The van der Waals surface area contributed by atoms with Crippen molar-refractivity contribution in [2.45, 2.75) is 46.2 Å². The molecule has 21 heavy (non-hydrogen) atoms. The molecule has 1 aromatic carbocycles. The summed E-state index contributed by atoms with van der Waals surface area (Å²) in [6, 6.07) is 12.9. The van der Waals surface area contributed by atoms with Gasteiger partial charge in [-0.1, -0.05) is 37.3 Å². The van der Waals surface area contributed by atoms with E-state index in [2.05, 4.69) is 70.9 Å². The molecule has 0 amide bonds. The quantitative estimate of drug-likeness (QED) is 0.714. The number of hydrogen-bond acceptors (Lipinski definition) is 3. The van der Waals surface area contributed by atoms with Crippen molar-refractivity contribution < 1.29 is 0 Å². The Balaban J connectivity index is 2.29. The maximum atomic E-state index is 4.73. The van der Waals surface area contributed by atoms with Gasteiger partial charge in [-0.15, -0.1) is 0 Å². The van der Waals surface area contributed by atoms with Crippen LogP contribution in [0.1, 0.15) is 38.6 Å². The minimum atomic E-state index is 0.376. The number of nitrogens with zero attached hydrogens (tertiary/aromatic N) is 3. The third-order valence-electron chi connectivity index (χ3n) is 3.31. The number of anilines is 1. The fourth-order valence-electron chi connectivity index (χ4n) is 2.24. The van der Waals surface area contributed by atoms with Crippen LogP contribution in [0, 0.1) is 0 Å². The van der Waals surface area contributed by atoms with E-state index in [0.29, 0.717) is 6.04 Å². The van der Waals surface area contributed by atoms with Crippen LogP contribution in [0.4, 0.5) is 5.82 Å². The average Bonchev–Trinajstić information content (AvgIpc) is 2.45. The van der Waals surface area contributed by atoms with Crippen LogP contribution in [-0.2, 0) is 13.0 Å². The summed E-state index contributed by atoms with van der Waals surface area (Å²) in [5.74, 6) is 1.89. The molecule has 0 unspecified atom stereocenters. The minimum absolute atomic E-state index is 0.376. The van der Waals surface area contributed by atoms with E-state index in [1.165, 1.54) is 5.56 Å². The molecule has 4 heteroatoms. The van der Waals surface area contributed by atoms with E-state index in [0.717, 1.165) is 35.6 Å². The second-order valence-electron chi connectivity index (χ2n) is 5.42. The van der Waals surface area contributed by atoms with E-state index in [4.69, 9.17) is 4.98 Å². The van der Waals surface area contributed by atoms with E-state index < -0.39 is 0 Å². The first-order valence-electron chi connectivity index (χ1n) is 7.44. The van der Waals surface area contributed by atoms with Crippen molar-refractivity contribution in [3.8, 4) is 0 Å². The lowest BCUT2D eigenvalue weighted by molar-refractivity contribution is 0.665. The molecule has 0 fully saturated rings. The molecule has 0 atom stereocenters. The van der Waals surface area contributed by atoms with Gasteiger partial charge in [0.05, 0.1) is 0 Å². The summed E-state index contributed by atoms with van der Waals surface area (Å²) in [5.41, 5.74) is 1.29. The van der Waals surface area contributed by atoms with Gasteiger partial charge in [-0.3, -0.25) is 0 Å². The molecule has 2 aromatic rings. The van der Waals surface area contributed by atoms with Crippen LogP contribution in [0.15, 0.2) is 41.0 Å². The van der Waals surface area contributed by atoms with E-state index >= 15 is 0 Å².